The molecule has 4 amide bonds. The van der Waals surface area contributed by atoms with Gasteiger partial charge in [-0.2, -0.15) is 0 Å². The second-order valence-electron chi connectivity index (χ2n) is 10.1. The van der Waals surface area contributed by atoms with Crippen LogP contribution in [0, 0.1) is 0 Å². The molecule has 1 unspecified atom stereocenters. The van der Waals surface area contributed by atoms with Gasteiger partial charge in [0.15, 0.2) is 0 Å². The quantitative estimate of drug-likeness (QED) is 0.267. The Morgan fingerprint density at radius 3 is 2.37 bits per heavy atom. The number of halogens is 1. The van der Waals surface area contributed by atoms with Crippen LogP contribution in [0.3, 0.4) is 0 Å². The molecule has 2 N–H and O–H groups in total. The summed E-state index contributed by atoms with van der Waals surface area (Å²) in [5.74, 6) is -0.739. The highest BCUT2D eigenvalue weighted by Crippen LogP contribution is 2.21. The zero-order valence-corrected chi connectivity index (χ0v) is 23.7. The normalized spacial score (nSPS) is 13.9. The number of hydrogen-bond acceptors (Lipinski definition) is 4. The topological polar surface area (TPSA) is 98.8 Å². The van der Waals surface area contributed by atoms with E-state index in [2.05, 4.69) is 17.2 Å². The van der Waals surface area contributed by atoms with E-state index in [4.69, 9.17) is 11.6 Å². The fraction of sp³-hybridized carbons (Fsp3) is 0.312. The summed E-state index contributed by atoms with van der Waals surface area (Å²) in [5, 5.41) is 8.10. The lowest BCUT2D eigenvalue weighted by Crippen LogP contribution is -2.56. The Morgan fingerprint density at radius 2 is 1.61 bits per heavy atom. The molecule has 1 aliphatic rings. The number of carbonyl (C=O) groups is 4. The summed E-state index contributed by atoms with van der Waals surface area (Å²) in [5.41, 5.74) is 1.41. The van der Waals surface area contributed by atoms with Crippen molar-refractivity contribution in [2.24, 2.45) is 0 Å². The molecule has 9 heteroatoms. The number of rotatable bonds is 11. The molecule has 1 fully saturated rings. The van der Waals surface area contributed by atoms with Gasteiger partial charge < -0.3 is 20.4 Å². The number of piperazine rings is 1. The summed E-state index contributed by atoms with van der Waals surface area (Å²) in [4.78, 5) is 54.8. The minimum atomic E-state index is -0.711. The summed E-state index contributed by atoms with van der Waals surface area (Å²) in [6, 6.07) is 19.9. The van der Waals surface area contributed by atoms with Crippen LogP contribution in [-0.2, 0) is 20.8 Å². The van der Waals surface area contributed by atoms with Crippen LogP contribution in [0.25, 0.3) is 10.8 Å². The van der Waals surface area contributed by atoms with E-state index in [1.807, 2.05) is 48.5 Å². The van der Waals surface area contributed by atoms with Crippen molar-refractivity contribution in [3.05, 3.63) is 95.5 Å². The van der Waals surface area contributed by atoms with Crippen molar-refractivity contribution in [3.8, 4) is 0 Å². The van der Waals surface area contributed by atoms with Gasteiger partial charge in [-0.15, -0.1) is 0 Å². The largest absolute Gasteiger partial charge is 0.353 e. The molecule has 8 nitrogen and oxygen atoms in total. The van der Waals surface area contributed by atoms with Gasteiger partial charge >= 0.3 is 0 Å². The molecule has 0 aliphatic carbocycles. The van der Waals surface area contributed by atoms with Crippen LogP contribution in [0.15, 0.2) is 79.4 Å². The molecule has 3 aromatic carbocycles. The van der Waals surface area contributed by atoms with Crippen molar-refractivity contribution in [1.82, 2.24) is 20.4 Å². The first-order valence-corrected chi connectivity index (χ1v) is 14.2. The summed E-state index contributed by atoms with van der Waals surface area (Å²) < 4.78 is 0. The van der Waals surface area contributed by atoms with Crippen molar-refractivity contribution < 1.29 is 19.2 Å². The Morgan fingerprint density at radius 1 is 0.902 bits per heavy atom. The third-order valence-corrected chi connectivity index (χ3v) is 7.42. The predicted octanol–water partition coefficient (Wildman–Crippen LogP) is 3.98. The molecule has 214 valence electrons. The van der Waals surface area contributed by atoms with Gasteiger partial charge in [0.05, 0.1) is 6.42 Å². The molecule has 0 saturated carbocycles. The van der Waals surface area contributed by atoms with E-state index in [0.717, 1.165) is 16.3 Å². The molecule has 1 saturated heterocycles. The van der Waals surface area contributed by atoms with Crippen LogP contribution in [0.5, 0.6) is 0 Å². The maximum atomic E-state index is 13.6. The average Bonchev–Trinajstić information content (AvgIpc) is 2.99. The molecule has 1 atom stereocenters. The first-order chi connectivity index (χ1) is 19.9. The van der Waals surface area contributed by atoms with Crippen LogP contribution in [0.4, 0.5) is 0 Å². The Bertz CT molecular complexity index is 1410. The van der Waals surface area contributed by atoms with Crippen LogP contribution in [0.1, 0.15) is 35.2 Å². The summed E-state index contributed by atoms with van der Waals surface area (Å²) in [7, 11) is 0. The third kappa shape index (κ3) is 8.17. The van der Waals surface area contributed by atoms with E-state index in [-0.39, 0.29) is 30.0 Å². The maximum absolute atomic E-state index is 13.6. The van der Waals surface area contributed by atoms with Gasteiger partial charge in [0, 0.05) is 43.3 Å². The minimum Gasteiger partial charge on any atom is -0.353 e. The van der Waals surface area contributed by atoms with E-state index < -0.39 is 6.04 Å². The first-order valence-electron chi connectivity index (χ1n) is 13.9. The van der Waals surface area contributed by atoms with Gasteiger partial charge in [0.2, 0.25) is 17.7 Å². The van der Waals surface area contributed by atoms with Crippen LogP contribution < -0.4 is 10.6 Å². The van der Waals surface area contributed by atoms with E-state index in [9.17, 15) is 19.2 Å². The molecule has 0 radical (unpaired) electrons. The molecule has 0 spiro atoms. The predicted molar refractivity (Wildman–Crippen MR) is 161 cm³/mol. The highest BCUT2D eigenvalue weighted by atomic mass is 35.5. The molecular formula is C32H35ClN4O4. The monoisotopic (exact) mass is 574 g/mol. The molecule has 0 aromatic heterocycles. The van der Waals surface area contributed by atoms with E-state index in [0.29, 0.717) is 62.6 Å². The lowest BCUT2D eigenvalue weighted by molar-refractivity contribution is -0.137. The van der Waals surface area contributed by atoms with Gasteiger partial charge in [-0.25, -0.2) is 0 Å². The number of nitrogens with zero attached hydrogens (tertiary/aromatic N) is 2. The van der Waals surface area contributed by atoms with Crippen LogP contribution >= 0.6 is 11.6 Å². The highest BCUT2D eigenvalue weighted by Gasteiger charge is 2.30. The maximum Gasteiger partial charge on any atom is 0.254 e. The van der Waals surface area contributed by atoms with Gasteiger partial charge in [-0.3, -0.25) is 19.2 Å². The van der Waals surface area contributed by atoms with Gasteiger partial charge in [0.25, 0.3) is 5.91 Å². The SMILES string of the molecule is C=CC(=O)NCCCCC(NC(=O)Cc1cccc(Cl)c1)C(=O)N1CCN(C(=O)c2cccc3ccccc23)CC1. The van der Waals surface area contributed by atoms with Gasteiger partial charge in [0.1, 0.15) is 6.04 Å². The fourth-order valence-electron chi connectivity index (χ4n) is 5.02. The molecule has 1 heterocycles. The van der Waals surface area contributed by atoms with Crippen molar-refractivity contribution in [3.63, 3.8) is 0 Å². The Labute approximate surface area is 245 Å². The Balaban J connectivity index is 1.37. The van der Waals surface area contributed by atoms with Crippen molar-refractivity contribution in [2.45, 2.75) is 31.7 Å². The molecule has 3 aromatic rings. The van der Waals surface area contributed by atoms with Crippen LogP contribution in [0.2, 0.25) is 5.02 Å². The fourth-order valence-corrected chi connectivity index (χ4v) is 5.24. The Hall–Kier alpha value is -4.17. The number of amides is 4. The van der Waals surface area contributed by atoms with Gasteiger partial charge in [-0.05, 0) is 59.9 Å². The third-order valence-electron chi connectivity index (χ3n) is 7.19. The number of carbonyl (C=O) groups excluding carboxylic acids is 4. The number of hydrogen-bond donors (Lipinski definition) is 2. The number of fused-ring (bicyclic) bond motifs is 1. The standard InChI is InChI=1S/C32H35ClN4O4/c1-2-29(38)34-16-6-5-15-28(35-30(39)22-23-9-7-12-25(33)21-23)32(41)37-19-17-36(18-20-37)31(40)27-14-8-11-24-10-3-4-13-26(24)27/h2-4,7-14,21,28H,1,5-6,15-20,22H2,(H,34,38)(H,35,39). The zero-order chi connectivity index (χ0) is 29.2. The van der Waals surface area contributed by atoms with Crippen molar-refractivity contribution in [1.29, 1.82) is 0 Å². The van der Waals surface area contributed by atoms with Crippen LogP contribution in [-0.4, -0.2) is 72.2 Å². The molecular weight excluding hydrogens is 540 g/mol. The minimum absolute atomic E-state index is 0.0538. The number of unbranched alkanes of at least 4 members (excludes halogenated alkanes) is 1. The van der Waals surface area contributed by atoms with Crippen molar-refractivity contribution in [2.75, 3.05) is 32.7 Å². The second-order valence-corrected chi connectivity index (χ2v) is 10.5. The Kier molecular flexibility index (Phi) is 10.5. The summed E-state index contributed by atoms with van der Waals surface area (Å²) in [6.07, 6.45) is 3.03. The van der Waals surface area contributed by atoms with Crippen molar-refractivity contribution >= 4 is 46.0 Å². The molecule has 1 aliphatic heterocycles. The van der Waals surface area contributed by atoms with E-state index >= 15 is 0 Å². The van der Waals surface area contributed by atoms with Gasteiger partial charge in [-0.1, -0.05) is 66.7 Å². The zero-order valence-electron chi connectivity index (χ0n) is 23.0. The number of benzene rings is 3. The lowest BCUT2D eigenvalue weighted by atomic mass is 10.0. The molecule has 4 rings (SSSR count). The molecule has 41 heavy (non-hydrogen) atoms. The summed E-state index contributed by atoms with van der Waals surface area (Å²) >= 11 is 6.06. The second kappa shape index (κ2) is 14.5. The van der Waals surface area contributed by atoms with E-state index in [1.165, 1.54) is 6.08 Å². The highest BCUT2D eigenvalue weighted by molar-refractivity contribution is 6.30. The summed E-state index contributed by atoms with van der Waals surface area (Å²) in [6.45, 7) is 5.47. The smallest absolute Gasteiger partial charge is 0.254 e. The van der Waals surface area contributed by atoms with E-state index in [1.54, 1.807) is 28.0 Å². The number of nitrogens with one attached hydrogen (secondary N) is 2. The first kappa shape index (κ1) is 29.8. The molecule has 0 bridgehead atoms. The lowest BCUT2D eigenvalue weighted by Gasteiger charge is -2.36. The average molecular weight is 575 g/mol.